The van der Waals surface area contributed by atoms with E-state index in [1.807, 2.05) is 243 Å². The highest BCUT2D eigenvalue weighted by molar-refractivity contribution is 7.99. The van der Waals surface area contributed by atoms with Gasteiger partial charge in [0, 0.05) is 4.90 Å². The Labute approximate surface area is 508 Å². The summed E-state index contributed by atoms with van der Waals surface area (Å²) < 4.78 is 84.2. The molecule has 0 saturated carbocycles. The molecule has 3 aliphatic rings. The van der Waals surface area contributed by atoms with Gasteiger partial charge in [-0.25, -0.2) is 0 Å². The van der Waals surface area contributed by atoms with E-state index in [0.29, 0.717) is 5.76 Å². The summed E-state index contributed by atoms with van der Waals surface area (Å²) in [5.41, 5.74) is 6.00. The summed E-state index contributed by atoms with van der Waals surface area (Å²) in [6.07, 6.45) is -10.5. The minimum Gasteiger partial charge on any atom is -0.479 e. The first-order valence-electron chi connectivity index (χ1n) is 29.1. The van der Waals surface area contributed by atoms with Gasteiger partial charge in [-0.2, -0.15) is 0 Å². The average molecular weight is 1170 g/mol. The first kappa shape index (κ1) is 60.1. The highest BCUT2D eigenvalue weighted by atomic mass is 32.2. The number of thioether (sulfide) groups is 1. The van der Waals surface area contributed by atoms with Crippen molar-refractivity contribution in [3.8, 4) is 0 Å². The van der Waals surface area contributed by atoms with E-state index < -0.39 is 73.0 Å². The molecule has 442 valence electrons. The Balaban J connectivity index is 0.955. The van der Waals surface area contributed by atoms with E-state index in [4.69, 9.17) is 56.8 Å². The summed E-state index contributed by atoms with van der Waals surface area (Å²) in [4.78, 5) is 0.980. The third-order valence-corrected chi connectivity index (χ3v) is 16.1. The van der Waals surface area contributed by atoms with Gasteiger partial charge in [-0.1, -0.05) is 262 Å². The number of benzene rings is 8. The van der Waals surface area contributed by atoms with E-state index in [0.717, 1.165) is 43.8 Å². The second kappa shape index (κ2) is 30.6. The molecule has 0 bridgehead atoms. The van der Waals surface area contributed by atoms with E-state index in [1.54, 1.807) is 0 Å². The van der Waals surface area contributed by atoms with E-state index in [9.17, 15) is 0 Å². The van der Waals surface area contributed by atoms with Gasteiger partial charge in [0.1, 0.15) is 72.2 Å². The Morgan fingerprint density at radius 2 is 0.512 bits per heavy atom. The lowest BCUT2D eigenvalue weighted by Crippen LogP contribution is -2.62. The van der Waals surface area contributed by atoms with Crippen LogP contribution in [0.5, 0.6) is 0 Å². The first-order chi connectivity index (χ1) is 42.4. The van der Waals surface area contributed by atoms with Gasteiger partial charge in [0.05, 0.1) is 46.2 Å². The topological polar surface area (TPSA) is 111 Å². The smallest absolute Gasteiger partial charge is 0.229 e. The summed E-state index contributed by atoms with van der Waals surface area (Å²) in [5, 5.41) is 0. The molecule has 13 heteroatoms. The minimum atomic E-state index is -1.22. The lowest BCUT2D eigenvalue weighted by molar-refractivity contribution is -0.333. The van der Waals surface area contributed by atoms with E-state index in [1.165, 1.54) is 11.8 Å². The lowest BCUT2D eigenvalue weighted by atomic mass is 9.98. The third kappa shape index (κ3) is 16.3. The van der Waals surface area contributed by atoms with Gasteiger partial charge in [0.2, 0.25) is 12.6 Å². The van der Waals surface area contributed by atoms with Crippen LogP contribution in [0.2, 0.25) is 0 Å². The molecule has 0 unspecified atom stereocenters. The summed E-state index contributed by atoms with van der Waals surface area (Å²) >= 11 is 1.52. The molecule has 0 radical (unpaired) electrons. The van der Waals surface area contributed by atoms with Crippen LogP contribution in [0.15, 0.2) is 285 Å². The fraction of sp³-hybridized carbons (Fsp3) is 0.260. The Morgan fingerprint density at radius 1 is 0.267 bits per heavy atom. The molecule has 3 heterocycles. The largest absolute Gasteiger partial charge is 0.479 e. The van der Waals surface area contributed by atoms with Crippen LogP contribution in [0.25, 0.3) is 0 Å². The molecular formula is C73H72O12S. The molecule has 12 atom stereocenters. The molecule has 86 heavy (non-hydrogen) atoms. The highest BCUT2D eigenvalue weighted by Gasteiger charge is 2.55. The van der Waals surface area contributed by atoms with Gasteiger partial charge in [-0.3, -0.25) is 0 Å². The van der Waals surface area contributed by atoms with Crippen molar-refractivity contribution in [1.29, 1.82) is 0 Å². The van der Waals surface area contributed by atoms with Crippen LogP contribution in [0, 0.1) is 0 Å². The molecule has 8 aromatic rings. The Hall–Kier alpha value is -7.63. The zero-order valence-electron chi connectivity index (χ0n) is 47.9. The van der Waals surface area contributed by atoms with E-state index in [-0.39, 0.29) is 57.8 Å². The maximum absolute atomic E-state index is 7.32. The molecule has 0 N–H and O–H groups in total. The summed E-state index contributed by atoms with van der Waals surface area (Å²) in [7, 11) is 0. The SMILES string of the molecule is C=C1O[C@@H](Sc2ccccc2)[C@H](OCc2ccccc2)[C@@H](OCc2ccccc2)[C@@H]1O[C@H]1OC(=C)[C@@H](O[C@H]2OC(=C)[C@@H](OCc3ccccc3)[C@H](OCc3ccccc3)[C@H]2OCc2ccccc2)[C@H](OCc2ccccc2)[C@H]1OCc1ccccc1. The first-order valence-corrected chi connectivity index (χ1v) is 29.9. The lowest BCUT2D eigenvalue weighted by Gasteiger charge is -2.49. The van der Waals surface area contributed by atoms with Crippen molar-refractivity contribution in [3.05, 3.63) is 319 Å². The summed E-state index contributed by atoms with van der Waals surface area (Å²) in [5.74, 6) is 0.771. The number of rotatable bonds is 27. The van der Waals surface area contributed by atoms with Crippen LogP contribution >= 0.6 is 11.8 Å². The summed E-state index contributed by atoms with van der Waals surface area (Å²) in [6, 6.07) is 79.7. The van der Waals surface area contributed by atoms with Crippen LogP contribution < -0.4 is 0 Å². The van der Waals surface area contributed by atoms with Gasteiger partial charge < -0.3 is 56.8 Å². The van der Waals surface area contributed by atoms with Crippen molar-refractivity contribution >= 4 is 11.8 Å². The average Bonchev–Trinajstić information content (AvgIpc) is 1.56. The Bertz CT molecular complexity index is 3310. The Kier molecular flexibility index (Phi) is 21.4. The molecule has 0 spiro atoms. The molecule has 8 aromatic carbocycles. The van der Waals surface area contributed by atoms with Crippen LogP contribution in [-0.4, -0.2) is 73.0 Å². The molecule has 12 nitrogen and oxygen atoms in total. The van der Waals surface area contributed by atoms with Gasteiger partial charge in [0.25, 0.3) is 0 Å². The Morgan fingerprint density at radius 3 is 0.849 bits per heavy atom. The van der Waals surface area contributed by atoms with Crippen LogP contribution in [0.3, 0.4) is 0 Å². The number of hydrogen-bond donors (Lipinski definition) is 0. The predicted molar refractivity (Wildman–Crippen MR) is 329 cm³/mol. The molecule has 3 saturated heterocycles. The fourth-order valence-electron chi connectivity index (χ4n) is 10.5. The normalized spacial score (nSPS) is 24.7. The standard InChI is InChI=1S/C73H72O12S/c1-51-62(74-44-54-28-12-4-13-29-54)65(75-45-55-30-14-5-15-31-55)68(78-48-58-36-20-8-21-37-58)71(81-51)84-63-52(2)82-72(69(79-49-59-38-22-9-23-39-59)66(63)76-46-56-32-16-6-17-33-56)85-64-53(3)83-73(86-61-42-26-11-27-43-61)70(80-50-60-40-24-10-25-41-60)67(64)77-47-57-34-18-7-19-35-57/h4-43,62-73H,1-3,44-50H2/t62-,63-,64-,65+,66+,67+,68-,69-,70-,71-,72-,73+/m1/s1. The van der Waals surface area contributed by atoms with E-state index >= 15 is 0 Å². The maximum Gasteiger partial charge on any atom is 0.229 e. The number of hydrogen-bond acceptors (Lipinski definition) is 13. The van der Waals surface area contributed by atoms with Crippen LogP contribution in [-0.2, 0) is 103 Å². The predicted octanol–water partition coefficient (Wildman–Crippen LogP) is 14.3. The van der Waals surface area contributed by atoms with Crippen molar-refractivity contribution < 1.29 is 56.8 Å². The molecule has 0 amide bonds. The zero-order valence-corrected chi connectivity index (χ0v) is 48.7. The van der Waals surface area contributed by atoms with Crippen molar-refractivity contribution in [1.82, 2.24) is 0 Å². The highest BCUT2D eigenvalue weighted by Crippen LogP contribution is 2.43. The second-order valence-corrected chi connectivity index (χ2v) is 22.4. The van der Waals surface area contributed by atoms with Gasteiger partial charge in [-0.05, 0) is 51.1 Å². The quantitative estimate of drug-likeness (QED) is 0.0488. The van der Waals surface area contributed by atoms with Crippen molar-refractivity contribution in [3.63, 3.8) is 0 Å². The third-order valence-electron chi connectivity index (χ3n) is 15.0. The van der Waals surface area contributed by atoms with Gasteiger partial charge >= 0.3 is 0 Å². The molecule has 3 fully saturated rings. The monoisotopic (exact) mass is 1170 g/mol. The molecule has 3 aliphatic heterocycles. The summed E-state index contributed by atoms with van der Waals surface area (Å²) in [6.45, 7) is 15.0. The van der Waals surface area contributed by atoms with Crippen LogP contribution in [0.1, 0.15) is 38.9 Å². The van der Waals surface area contributed by atoms with Crippen molar-refractivity contribution in [2.45, 2.75) is 124 Å². The number of ether oxygens (including phenoxy) is 12. The molecule has 0 aliphatic carbocycles. The van der Waals surface area contributed by atoms with Crippen LogP contribution in [0.4, 0.5) is 0 Å². The molecular weight excluding hydrogens is 1100 g/mol. The maximum atomic E-state index is 7.32. The zero-order chi connectivity index (χ0) is 58.7. The minimum absolute atomic E-state index is 0.142. The molecule has 0 aromatic heterocycles. The van der Waals surface area contributed by atoms with Gasteiger partial charge in [-0.15, -0.1) is 0 Å². The van der Waals surface area contributed by atoms with Crippen molar-refractivity contribution in [2.24, 2.45) is 0 Å². The fourth-order valence-corrected chi connectivity index (χ4v) is 11.6. The molecule has 11 rings (SSSR count). The van der Waals surface area contributed by atoms with Crippen molar-refractivity contribution in [2.75, 3.05) is 0 Å². The van der Waals surface area contributed by atoms with Gasteiger partial charge in [0.15, 0.2) is 5.44 Å². The van der Waals surface area contributed by atoms with E-state index in [2.05, 4.69) is 19.7 Å². The second-order valence-electron chi connectivity index (χ2n) is 21.2.